The van der Waals surface area contributed by atoms with Crippen LogP contribution < -0.4 is 9.62 Å². The summed E-state index contributed by atoms with van der Waals surface area (Å²) >= 11 is 9.11. The van der Waals surface area contributed by atoms with Gasteiger partial charge in [0.2, 0.25) is 15.3 Å². The first kappa shape index (κ1) is 16.3. The number of rotatable bonds is 3. The molecule has 0 atom stereocenters. The molecule has 0 unspecified atom stereocenters. The molecule has 0 spiro atoms. The van der Waals surface area contributed by atoms with Gasteiger partial charge in [0.1, 0.15) is 11.6 Å². The lowest BCUT2D eigenvalue weighted by molar-refractivity contribution is 0.470. The van der Waals surface area contributed by atoms with Gasteiger partial charge in [-0.25, -0.2) is 13.4 Å². The number of nitrogens with zero attached hydrogens (tertiary/aromatic N) is 3. The van der Waals surface area contributed by atoms with Gasteiger partial charge in [0, 0.05) is 18.3 Å². The second kappa shape index (κ2) is 5.81. The van der Waals surface area contributed by atoms with E-state index in [0.717, 1.165) is 6.26 Å². The smallest absolute Gasteiger partial charge is 0.232 e. The monoisotopic (exact) mass is 418 g/mol. The van der Waals surface area contributed by atoms with Gasteiger partial charge in [0.15, 0.2) is 0 Å². The minimum absolute atomic E-state index is 0.0612. The number of phenolic OH excluding ortho intramolecular Hbond substituents is 1. The number of benzene rings is 1. The summed E-state index contributed by atoms with van der Waals surface area (Å²) in [7, 11) is -3.45. The molecule has 0 radical (unpaired) electrons. The van der Waals surface area contributed by atoms with Crippen LogP contribution in [0.15, 0.2) is 22.8 Å². The van der Waals surface area contributed by atoms with Crippen LogP contribution >= 0.6 is 27.5 Å². The van der Waals surface area contributed by atoms with E-state index in [0.29, 0.717) is 33.6 Å². The highest BCUT2D eigenvalue weighted by Crippen LogP contribution is 2.43. The Hall–Kier alpha value is -1.58. The standard InChI is InChI=1S/C13H12BrClN4O3S/c1-23(21,22)19-5-4-7-10(20)3-2-9(11(7)19)17-12-8(14)6-16-13(15)18-12/h2-3,6,20H,4-5H2,1H3,(H,16,17,18). The Balaban J connectivity index is 2.11. The number of hydrogen-bond acceptors (Lipinski definition) is 6. The minimum Gasteiger partial charge on any atom is -0.508 e. The summed E-state index contributed by atoms with van der Waals surface area (Å²) in [5.41, 5.74) is 1.52. The molecule has 122 valence electrons. The lowest BCUT2D eigenvalue weighted by atomic mass is 10.1. The molecular formula is C13H12BrClN4O3S. The zero-order chi connectivity index (χ0) is 16.8. The second-order valence-corrected chi connectivity index (χ2v) is 8.10. The number of nitrogens with one attached hydrogen (secondary N) is 1. The fourth-order valence-electron chi connectivity index (χ4n) is 2.48. The lowest BCUT2D eigenvalue weighted by Gasteiger charge is -2.21. The molecule has 1 aromatic carbocycles. The normalized spacial score (nSPS) is 14.0. The molecule has 1 aliphatic rings. The molecule has 0 bridgehead atoms. The largest absolute Gasteiger partial charge is 0.508 e. The van der Waals surface area contributed by atoms with Gasteiger partial charge < -0.3 is 10.4 Å². The van der Waals surface area contributed by atoms with Crippen molar-refractivity contribution in [1.29, 1.82) is 0 Å². The van der Waals surface area contributed by atoms with Crippen molar-refractivity contribution >= 4 is 54.7 Å². The molecule has 2 heterocycles. The van der Waals surface area contributed by atoms with E-state index in [9.17, 15) is 13.5 Å². The molecule has 0 saturated heterocycles. The summed E-state index contributed by atoms with van der Waals surface area (Å²) in [5, 5.41) is 13.1. The van der Waals surface area contributed by atoms with Crippen LogP contribution in [0.25, 0.3) is 0 Å². The van der Waals surface area contributed by atoms with Gasteiger partial charge in [0.05, 0.1) is 22.1 Å². The van der Waals surface area contributed by atoms with Gasteiger partial charge in [-0.05, 0) is 46.1 Å². The van der Waals surface area contributed by atoms with E-state index in [1.807, 2.05) is 0 Å². The Bertz CT molecular complexity index is 891. The predicted molar refractivity (Wildman–Crippen MR) is 92.0 cm³/mol. The average Bonchev–Trinajstić information content (AvgIpc) is 2.92. The van der Waals surface area contributed by atoms with Crippen LogP contribution in [-0.2, 0) is 16.4 Å². The van der Waals surface area contributed by atoms with E-state index in [4.69, 9.17) is 11.6 Å². The highest BCUT2D eigenvalue weighted by Gasteiger charge is 2.31. The highest BCUT2D eigenvalue weighted by atomic mass is 79.9. The van der Waals surface area contributed by atoms with Gasteiger partial charge in [-0.3, -0.25) is 4.31 Å². The molecule has 1 aromatic heterocycles. The number of phenols is 1. The average molecular weight is 420 g/mol. The van der Waals surface area contributed by atoms with Crippen molar-refractivity contribution in [2.45, 2.75) is 6.42 Å². The molecule has 7 nitrogen and oxygen atoms in total. The van der Waals surface area contributed by atoms with Crippen LogP contribution in [0, 0.1) is 0 Å². The topological polar surface area (TPSA) is 95.4 Å². The summed E-state index contributed by atoms with van der Waals surface area (Å²) in [6.07, 6.45) is 3.06. The minimum atomic E-state index is -3.45. The number of halogens is 2. The van der Waals surface area contributed by atoms with Crippen molar-refractivity contribution < 1.29 is 13.5 Å². The van der Waals surface area contributed by atoms with Crippen molar-refractivity contribution in [1.82, 2.24) is 9.97 Å². The first-order valence-electron chi connectivity index (χ1n) is 6.55. The van der Waals surface area contributed by atoms with Crippen LogP contribution in [0.5, 0.6) is 5.75 Å². The first-order chi connectivity index (χ1) is 10.8. The van der Waals surface area contributed by atoms with Gasteiger partial charge in [0.25, 0.3) is 0 Å². The zero-order valence-corrected chi connectivity index (χ0v) is 15.1. The molecule has 0 aliphatic carbocycles. The van der Waals surface area contributed by atoms with Crippen LogP contribution in [-0.4, -0.2) is 36.3 Å². The number of anilines is 3. The fourth-order valence-corrected chi connectivity index (χ4v) is 3.86. The molecule has 3 rings (SSSR count). The quantitative estimate of drug-likeness (QED) is 0.586. The molecular weight excluding hydrogens is 408 g/mol. The van der Waals surface area contributed by atoms with E-state index in [1.54, 1.807) is 6.07 Å². The van der Waals surface area contributed by atoms with Gasteiger partial charge in [-0.15, -0.1) is 0 Å². The van der Waals surface area contributed by atoms with Crippen LogP contribution in [0.1, 0.15) is 5.56 Å². The number of sulfonamides is 1. The van der Waals surface area contributed by atoms with E-state index < -0.39 is 10.0 Å². The molecule has 0 saturated carbocycles. The van der Waals surface area contributed by atoms with Crippen molar-refractivity contribution in [2.75, 3.05) is 22.4 Å². The molecule has 0 amide bonds. The van der Waals surface area contributed by atoms with E-state index in [1.165, 1.54) is 16.6 Å². The first-order valence-corrected chi connectivity index (χ1v) is 9.57. The van der Waals surface area contributed by atoms with E-state index in [-0.39, 0.29) is 17.6 Å². The molecule has 10 heteroatoms. The van der Waals surface area contributed by atoms with Crippen LogP contribution in [0.4, 0.5) is 17.2 Å². The Morgan fingerprint density at radius 2 is 2.17 bits per heavy atom. The molecule has 23 heavy (non-hydrogen) atoms. The number of aromatic nitrogens is 2. The number of fused-ring (bicyclic) bond motifs is 1. The summed E-state index contributed by atoms with van der Waals surface area (Å²) in [6, 6.07) is 3.11. The van der Waals surface area contributed by atoms with Crippen molar-refractivity contribution in [3.63, 3.8) is 0 Å². The summed E-state index contributed by atoms with van der Waals surface area (Å²) in [5.74, 6) is 0.467. The molecule has 2 aromatic rings. The zero-order valence-electron chi connectivity index (χ0n) is 11.9. The Kier molecular flexibility index (Phi) is 4.11. The Morgan fingerprint density at radius 3 is 2.87 bits per heavy atom. The fraction of sp³-hybridized carbons (Fsp3) is 0.231. The number of hydrogen-bond donors (Lipinski definition) is 2. The molecule has 1 aliphatic heterocycles. The highest BCUT2D eigenvalue weighted by molar-refractivity contribution is 9.10. The SMILES string of the molecule is CS(=O)(=O)N1CCc2c(O)ccc(Nc3nc(Cl)ncc3Br)c21. The van der Waals surface area contributed by atoms with Crippen molar-refractivity contribution in [3.05, 3.63) is 33.6 Å². The Morgan fingerprint density at radius 1 is 1.43 bits per heavy atom. The molecule has 0 fully saturated rings. The van der Waals surface area contributed by atoms with Crippen LogP contribution in [0.2, 0.25) is 5.28 Å². The van der Waals surface area contributed by atoms with E-state index >= 15 is 0 Å². The predicted octanol–water partition coefficient (Wildman–Crippen LogP) is 2.66. The van der Waals surface area contributed by atoms with Crippen molar-refractivity contribution in [3.8, 4) is 5.75 Å². The molecule has 2 N–H and O–H groups in total. The van der Waals surface area contributed by atoms with Gasteiger partial charge >= 0.3 is 0 Å². The van der Waals surface area contributed by atoms with Crippen molar-refractivity contribution in [2.24, 2.45) is 0 Å². The van der Waals surface area contributed by atoms with E-state index in [2.05, 4.69) is 31.2 Å². The lowest BCUT2D eigenvalue weighted by Crippen LogP contribution is -2.28. The third-order valence-electron chi connectivity index (χ3n) is 3.44. The Labute approximate surface area is 146 Å². The number of aromatic hydroxyl groups is 1. The maximum Gasteiger partial charge on any atom is 0.232 e. The maximum atomic E-state index is 12.0. The second-order valence-electron chi connectivity index (χ2n) is 5.01. The summed E-state index contributed by atoms with van der Waals surface area (Å²) in [6.45, 7) is 0.284. The van der Waals surface area contributed by atoms with Gasteiger partial charge in [-0.2, -0.15) is 4.98 Å². The van der Waals surface area contributed by atoms with Gasteiger partial charge in [-0.1, -0.05) is 0 Å². The maximum absolute atomic E-state index is 12.0. The third-order valence-corrected chi connectivity index (χ3v) is 5.37. The third kappa shape index (κ3) is 3.08. The summed E-state index contributed by atoms with van der Waals surface area (Å²) < 4.78 is 25.8. The van der Waals surface area contributed by atoms with Crippen LogP contribution in [0.3, 0.4) is 0 Å². The summed E-state index contributed by atoms with van der Waals surface area (Å²) in [4.78, 5) is 7.91.